The summed E-state index contributed by atoms with van der Waals surface area (Å²) in [5.74, 6) is -1.03. The second kappa shape index (κ2) is 11.8. The zero-order valence-corrected chi connectivity index (χ0v) is 22.0. The molecule has 1 unspecified atom stereocenters. The molecule has 0 radical (unpaired) electrons. The van der Waals surface area contributed by atoms with Crippen molar-refractivity contribution in [2.45, 2.75) is 46.3 Å². The van der Waals surface area contributed by atoms with Crippen LogP contribution >= 0.6 is 0 Å². The fourth-order valence-corrected chi connectivity index (χ4v) is 4.30. The number of hydrogen-bond acceptors (Lipinski definition) is 7. The molecule has 12 heteroatoms. The number of nitrogens with one attached hydrogen (secondary N) is 1. The molecule has 0 spiro atoms. The summed E-state index contributed by atoms with van der Waals surface area (Å²) in [5, 5.41) is 14.1. The monoisotopic (exact) mass is 520 g/mol. The highest BCUT2D eigenvalue weighted by Crippen LogP contribution is 2.33. The minimum Gasteiger partial charge on any atom is -0.495 e. The first-order valence-corrected chi connectivity index (χ1v) is 13.0. The molecular formula is C24H32N4O7S. The van der Waals surface area contributed by atoms with Crippen LogP contribution < -0.4 is 14.4 Å². The molecule has 2 aromatic rings. The van der Waals surface area contributed by atoms with Gasteiger partial charge in [-0.05, 0) is 39.3 Å². The van der Waals surface area contributed by atoms with Crippen LogP contribution in [-0.2, 0) is 26.2 Å². The number of aryl methyl sites for hydroxylation is 1. The lowest BCUT2D eigenvalue weighted by molar-refractivity contribution is -0.384. The summed E-state index contributed by atoms with van der Waals surface area (Å²) < 4.78 is 31.4. The van der Waals surface area contributed by atoms with E-state index in [-0.39, 0.29) is 29.7 Å². The van der Waals surface area contributed by atoms with E-state index < -0.39 is 39.3 Å². The molecule has 2 aromatic carbocycles. The van der Waals surface area contributed by atoms with Gasteiger partial charge in [-0.3, -0.25) is 24.0 Å². The van der Waals surface area contributed by atoms with Gasteiger partial charge in [0.05, 0.1) is 18.3 Å². The Balaban J connectivity index is 2.51. The number of nitro benzene ring substituents is 1. The predicted octanol–water partition coefficient (Wildman–Crippen LogP) is 2.62. The van der Waals surface area contributed by atoms with Crippen LogP contribution in [0.4, 0.5) is 11.4 Å². The van der Waals surface area contributed by atoms with E-state index in [9.17, 15) is 28.1 Å². The molecule has 1 N–H and O–H groups in total. The Morgan fingerprint density at radius 1 is 1.11 bits per heavy atom. The minimum absolute atomic E-state index is 0.0366. The Hall–Kier alpha value is -3.67. The van der Waals surface area contributed by atoms with Crippen LogP contribution in [0.5, 0.6) is 5.75 Å². The number of nitro groups is 1. The van der Waals surface area contributed by atoms with Crippen molar-refractivity contribution in [1.29, 1.82) is 0 Å². The number of sulfonamides is 1. The van der Waals surface area contributed by atoms with Crippen molar-refractivity contribution in [1.82, 2.24) is 10.2 Å². The van der Waals surface area contributed by atoms with Crippen LogP contribution in [0.3, 0.4) is 0 Å². The number of nitrogens with zero attached hydrogens (tertiary/aromatic N) is 3. The van der Waals surface area contributed by atoms with Crippen molar-refractivity contribution in [3.8, 4) is 5.75 Å². The van der Waals surface area contributed by atoms with E-state index in [0.29, 0.717) is 0 Å². The maximum Gasteiger partial charge on any atom is 0.271 e. The fraction of sp³-hybridized carbons (Fsp3) is 0.417. The van der Waals surface area contributed by atoms with E-state index in [0.717, 1.165) is 27.8 Å². The maximum atomic E-state index is 13.6. The highest BCUT2D eigenvalue weighted by Gasteiger charge is 2.32. The average Bonchev–Trinajstić information content (AvgIpc) is 2.79. The lowest BCUT2D eigenvalue weighted by Gasteiger charge is -2.32. The highest BCUT2D eigenvalue weighted by atomic mass is 32.2. The molecule has 0 saturated heterocycles. The van der Waals surface area contributed by atoms with Crippen LogP contribution in [-0.4, -0.2) is 62.0 Å². The van der Waals surface area contributed by atoms with Gasteiger partial charge in [-0.1, -0.05) is 29.8 Å². The van der Waals surface area contributed by atoms with Gasteiger partial charge < -0.3 is 15.0 Å². The molecule has 0 fully saturated rings. The molecule has 0 saturated carbocycles. The van der Waals surface area contributed by atoms with Gasteiger partial charge in [-0.25, -0.2) is 8.42 Å². The van der Waals surface area contributed by atoms with E-state index >= 15 is 0 Å². The number of benzene rings is 2. The number of methoxy groups -OCH3 is 1. The van der Waals surface area contributed by atoms with Gasteiger partial charge in [0.1, 0.15) is 24.0 Å². The summed E-state index contributed by atoms with van der Waals surface area (Å²) >= 11 is 0. The minimum atomic E-state index is -4.08. The standard InChI is InChI=1S/C24H32N4O7S/c1-16(2)25-24(30)18(4)26(14-19-9-7-17(3)8-10-19)23(29)15-27(36(6,33)34)21-13-20(28(31)32)11-12-22(21)35-5/h7-13,16,18H,14-15H2,1-6H3,(H,25,30). The number of amides is 2. The highest BCUT2D eigenvalue weighted by molar-refractivity contribution is 7.92. The smallest absolute Gasteiger partial charge is 0.271 e. The van der Waals surface area contributed by atoms with Gasteiger partial charge in [0.25, 0.3) is 5.69 Å². The predicted molar refractivity (Wildman–Crippen MR) is 136 cm³/mol. The fourth-order valence-electron chi connectivity index (χ4n) is 3.46. The third kappa shape index (κ3) is 7.41. The second-order valence-electron chi connectivity index (χ2n) is 8.73. The van der Waals surface area contributed by atoms with Gasteiger partial charge in [0.2, 0.25) is 21.8 Å². The van der Waals surface area contributed by atoms with Gasteiger partial charge in [-0.15, -0.1) is 0 Å². The summed E-state index contributed by atoms with van der Waals surface area (Å²) in [5.41, 5.74) is 1.24. The average molecular weight is 521 g/mol. The molecule has 1 atom stereocenters. The molecule has 0 aromatic heterocycles. The van der Waals surface area contributed by atoms with E-state index in [1.165, 1.54) is 24.1 Å². The summed E-state index contributed by atoms with van der Waals surface area (Å²) in [6, 6.07) is 9.76. The topological polar surface area (TPSA) is 139 Å². The van der Waals surface area contributed by atoms with E-state index in [1.807, 2.05) is 31.2 Å². The van der Waals surface area contributed by atoms with E-state index in [1.54, 1.807) is 20.8 Å². The molecule has 0 heterocycles. The molecule has 0 aliphatic carbocycles. The molecule has 0 aliphatic heterocycles. The largest absolute Gasteiger partial charge is 0.495 e. The number of ether oxygens (including phenoxy) is 1. The normalized spacial score (nSPS) is 12.1. The van der Waals surface area contributed by atoms with Crippen molar-refractivity contribution in [3.05, 3.63) is 63.7 Å². The Morgan fingerprint density at radius 3 is 2.22 bits per heavy atom. The molecule has 36 heavy (non-hydrogen) atoms. The summed E-state index contributed by atoms with van der Waals surface area (Å²) in [4.78, 5) is 38.3. The van der Waals surface area contributed by atoms with Gasteiger partial charge >= 0.3 is 0 Å². The Bertz CT molecular complexity index is 1210. The first kappa shape index (κ1) is 28.6. The lowest BCUT2D eigenvalue weighted by Crippen LogP contribution is -2.52. The zero-order chi connectivity index (χ0) is 27.2. The lowest BCUT2D eigenvalue weighted by atomic mass is 10.1. The Kier molecular flexibility index (Phi) is 9.40. The van der Waals surface area contributed by atoms with Crippen LogP contribution in [0.2, 0.25) is 0 Å². The molecular weight excluding hydrogens is 488 g/mol. The van der Waals surface area contributed by atoms with Gasteiger partial charge in [-0.2, -0.15) is 0 Å². The third-order valence-electron chi connectivity index (χ3n) is 5.39. The SMILES string of the molecule is COc1ccc([N+](=O)[O-])cc1N(CC(=O)N(Cc1ccc(C)cc1)C(C)C(=O)NC(C)C)S(C)(=O)=O. The Labute approximate surface area is 211 Å². The second-order valence-corrected chi connectivity index (χ2v) is 10.6. The first-order chi connectivity index (χ1) is 16.7. The quantitative estimate of drug-likeness (QED) is 0.355. The Morgan fingerprint density at radius 2 is 1.72 bits per heavy atom. The van der Waals surface area contributed by atoms with Crippen molar-refractivity contribution in [3.63, 3.8) is 0 Å². The number of hydrogen-bond donors (Lipinski definition) is 1. The number of carbonyl (C=O) groups is 2. The zero-order valence-electron chi connectivity index (χ0n) is 21.2. The third-order valence-corrected chi connectivity index (χ3v) is 6.52. The number of rotatable bonds is 11. The van der Waals surface area contributed by atoms with Crippen molar-refractivity contribution in [2.75, 3.05) is 24.2 Å². The van der Waals surface area contributed by atoms with Crippen molar-refractivity contribution >= 4 is 33.2 Å². The van der Waals surface area contributed by atoms with Gasteiger partial charge in [0, 0.05) is 24.7 Å². The summed E-state index contributed by atoms with van der Waals surface area (Å²) in [6.45, 7) is 6.41. The van der Waals surface area contributed by atoms with Crippen LogP contribution in [0, 0.1) is 17.0 Å². The number of anilines is 1. The number of carbonyl (C=O) groups excluding carboxylic acids is 2. The van der Waals surface area contributed by atoms with Gasteiger partial charge in [0.15, 0.2) is 0 Å². The molecule has 196 valence electrons. The number of non-ortho nitro benzene ring substituents is 1. The summed E-state index contributed by atoms with van der Waals surface area (Å²) in [6.07, 6.45) is 0.887. The van der Waals surface area contributed by atoms with E-state index in [4.69, 9.17) is 4.74 Å². The van der Waals surface area contributed by atoms with E-state index in [2.05, 4.69) is 5.32 Å². The van der Waals surface area contributed by atoms with Crippen molar-refractivity contribution in [2.24, 2.45) is 0 Å². The van der Waals surface area contributed by atoms with Crippen LogP contribution in [0.1, 0.15) is 31.9 Å². The van der Waals surface area contributed by atoms with Crippen molar-refractivity contribution < 1.29 is 27.7 Å². The van der Waals surface area contributed by atoms with Crippen LogP contribution in [0.25, 0.3) is 0 Å². The molecule has 0 aliphatic rings. The maximum absolute atomic E-state index is 13.6. The molecule has 2 rings (SSSR count). The first-order valence-electron chi connectivity index (χ1n) is 11.2. The van der Waals surface area contributed by atoms with Crippen LogP contribution in [0.15, 0.2) is 42.5 Å². The summed E-state index contributed by atoms with van der Waals surface area (Å²) in [7, 11) is -2.80. The molecule has 2 amide bonds. The molecule has 11 nitrogen and oxygen atoms in total. The molecule has 0 bridgehead atoms.